The van der Waals surface area contributed by atoms with E-state index in [-0.39, 0.29) is 5.60 Å². The fraction of sp³-hybridized carbons (Fsp3) is 0.417. The third-order valence-electron chi connectivity index (χ3n) is 5.15. The Bertz CT molecular complexity index is 1030. The average molecular weight is 392 g/mol. The summed E-state index contributed by atoms with van der Waals surface area (Å²) in [6.07, 6.45) is 1.83. The summed E-state index contributed by atoms with van der Waals surface area (Å²) in [6.45, 7) is 12.8. The summed E-state index contributed by atoms with van der Waals surface area (Å²) in [7, 11) is 0. The minimum atomic E-state index is -0.325. The predicted molar refractivity (Wildman–Crippen MR) is 118 cm³/mol. The van der Waals surface area contributed by atoms with Gasteiger partial charge in [-0.1, -0.05) is 12.1 Å². The van der Waals surface area contributed by atoms with Gasteiger partial charge in [0.2, 0.25) is 5.88 Å². The summed E-state index contributed by atoms with van der Waals surface area (Å²) < 4.78 is 11.8. The fourth-order valence-electron chi connectivity index (χ4n) is 3.86. The van der Waals surface area contributed by atoms with Gasteiger partial charge in [0, 0.05) is 41.5 Å². The average Bonchev–Trinajstić information content (AvgIpc) is 2.66. The molecule has 5 nitrogen and oxygen atoms in total. The van der Waals surface area contributed by atoms with E-state index in [0.717, 1.165) is 47.6 Å². The minimum Gasteiger partial charge on any atom is -0.472 e. The zero-order valence-electron chi connectivity index (χ0n) is 17.9. The molecule has 0 spiro atoms. The maximum Gasteiger partial charge on any atom is 0.216 e. The van der Waals surface area contributed by atoms with Crippen LogP contribution < -0.4 is 9.64 Å². The van der Waals surface area contributed by atoms with Crippen LogP contribution in [0.1, 0.15) is 33.3 Å². The Hall–Kier alpha value is -2.66. The van der Waals surface area contributed by atoms with Crippen LogP contribution in [0.25, 0.3) is 22.2 Å². The van der Waals surface area contributed by atoms with E-state index >= 15 is 0 Å². The van der Waals surface area contributed by atoms with Crippen molar-refractivity contribution in [3.63, 3.8) is 0 Å². The van der Waals surface area contributed by atoms with Gasteiger partial charge in [0.25, 0.3) is 0 Å². The number of aryl methyl sites for hydroxylation is 1. The lowest BCUT2D eigenvalue weighted by atomic mass is 9.99. The predicted octanol–water partition coefficient (Wildman–Crippen LogP) is 5.01. The van der Waals surface area contributed by atoms with Gasteiger partial charge in [-0.3, -0.25) is 4.98 Å². The zero-order valence-corrected chi connectivity index (χ0v) is 17.9. The number of anilines is 1. The van der Waals surface area contributed by atoms with Gasteiger partial charge < -0.3 is 14.4 Å². The maximum atomic E-state index is 6.20. The lowest BCUT2D eigenvalue weighted by Crippen LogP contribution is -2.43. The molecule has 2 aromatic heterocycles. The number of hydrogen-bond donors (Lipinski definition) is 0. The highest BCUT2D eigenvalue weighted by molar-refractivity contribution is 5.95. The number of ether oxygens (including phenoxy) is 2. The number of morpholine rings is 1. The highest BCUT2D eigenvalue weighted by Crippen LogP contribution is 2.35. The van der Waals surface area contributed by atoms with Crippen molar-refractivity contribution < 1.29 is 9.47 Å². The highest BCUT2D eigenvalue weighted by Gasteiger charge is 2.23. The second-order valence-electron chi connectivity index (χ2n) is 8.71. The molecule has 0 saturated carbocycles. The van der Waals surface area contributed by atoms with E-state index < -0.39 is 0 Å². The molecule has 1 saturated heterocycles. The molecule has 1 aromatic carbocycles. The molecule has 3 heterocycles. The number of pyridine rings is 2. The van der Waals surface area contributed by atoms with Crippen LogP contribution in [0.15, 0.2) is 42.6 Å². The Labute approximate surface area is 172 Å². The molecule has 0 bridgehead atoms. The molecule has 5 heteroatoms. The Kier molecular flexibility index (Phi) is 5.17. The topological polar surface area (TPSA) is 47.5 Å². The molecule has 0 amide bonds. The van der Waals surface area contributed by atoms with Crippen LogP contribution in [0.3, 0.4) is 0 Å². The lowest BCUT2D eigenvalue weighted by molar-refractivity contribution is 0.0986. The summed E-state index contributed by atoms with van der Waals surface area (Å²) in [4.78, 5) is 11.8. The first-order valence-electron chi connectivity index (χ1n) is 10.2. The van der Waals surface area contributed by atoms with Crippen molar-refractivity contribution in [1.82, 2.24) is 9.97 Å². The fourth-order valence-corrected chi connectivity index (χ4v) is 3.86. The second-order valence-corrected chi connectivity index (χ2v) is 8.71. The van der Waals surface area contributed by atoms with E-state index in [2.05, 4.69) is 54.1 Å². The van der Waals surface area contributed by atoms with Crippen molar-refractivity contribution in [3.05, 3.63) is 48.2 Å². The molecule has 1 aliphatic heterocycles. The summed E-state index contributed by atoms with van der Waals surface area (Å²) >= 11 is 0. The van der Waals surface area contributed by atoms with Crippen LogP contribution in [0.5, 0.6) is 5.88 Å². The van der Waals surface area contributed by atoms with E-state index in [1.807, 2.05) is 33.0 Å². The standard InChI is InChI=1S/C24H29N3O2/c1-16-8-9-20-19(7-6-10-25-20)23(16)21-13-18(27-11-12-28-15-17(27)2)14-22(26-21)29-24(3,4)5/h6-10,13-14,17H,11-12,15H2,1-5H3. The molecule has 1 atom stereocenters. The maximum absolute atomic E-state index is 6.20. The Morgan fingerprint density at radius 3 is 2.76 bits per heavy atom. The molecule has 0 aliphatic carbocycles. The minimum absolute atomic E-state index is 0.303. The molecule has 29 heavy (non-hydrogen) atoms. The molecule has 4 rings (SSSR count). The van der Waals surface area contributed by atoms with Crippen molar-refractivity contribution in [2.45, 2.75) is 46.3 Å². The Balaban J connectivity index is 1.90. The van der Waals surface area contributed by atoms with Crippen molar-refractivity contribution in [1.29, 1.82) is 0 Å². The van der Waals surface area contributed by atoms with Crippen LogP contribution in [0.2, 0.25) is 0 Å². The van der Waals surface area contributed by atoms with Gasteiger partial charge in [0.15, 0.2) is 0 Å². The molecule has 1 aliphatic rings. The largest absolute Gasteiger partial charge is 0.472 e. The second kappa shape index (κ2) is 7.64. The number of aromatic nitrogens is 2. The quantitative estimate of drug-likeness (QED) is 0.628. The molecule has 0 N–H and O–H groups in total. The molecule has 0 radical (unpaired) electrons. The van der Waals surface area contributed by atoms with Gasteiger partial charge in [-0.2, -0.15) is 0 Å². The van der Waals surface area contributed by atoms with Crippen LogP contribution in [0.4, 0.5) is 5.69 Å². The summed E-state index contributed by atoms with van der Waals surface area (Å²) in [5.74, 6) is 0.643. The summed E-state index contributed by atoms with van der Waals surface area (Å²) in [5, 5.41) is 1.11. The molecule has 152 valence electrons. The first-order chi connectivity index (χ1) is 13.8. The van der Waals surface area contributed by atoms with Crippen LogP contribution in [-0.2, 0) is 4.74 Å². The van der Waals surface area contributed by atoms with E-state index in [1.54, 1.807) is 0 Å². The number of hydrogen-bond acceptors (Lipinski definition) is 5. The van der Waals surface area contributed by atoms with Gasteiger partial charge in [-0.05, 0) is 58.4 Å². The van der Waals surface area contributed by atoms with Gasteiger partial charge in [-0.15, -0.1) is 0 Å². The van der Waals surface area contributed by atoms with Crippen molar-refractivity contribution in [2.75, 3.05) is 24.7 Å². The third-order valence-corrected chi connectivity index (χ3v) is 5.15. The Morgan fingerprint density at radius 2 is 2.00 bits per heavy atom. The molecule has 1 unspecified atom stereocenters. The number of benzene rings is 1. The lowest BCUT2D eigenvalue weighted by Gasteiger charge is -2.35. The Morgan fingerprint density at radius 1 is 1.17 bits per heavy atom. The van der Waals surface area contributed by atoms with Crippen LogP contribution >= 0.6 is 0 Å². The van der Waals surface area contributed by atoms with Crippen LogP contribution in [-0.4, -0.2) is 41.4 Å². The number of rotatable bonds is 3. The van der Waals surface area contributed by atoms with Gasteiger partial charge in [-0.25, -0.2) is 4.98 Å². The van der Waals surface area contributed by atoms with Crippen LogP contribution in [0, 0.1) is 6.92 Å². The van der Waals surface area contributed by atoms with E-state index in [4.69, 9.17) is 14.5 Å². The third kappa shape index (κ3) is 4.20. The molecule has 1 fully saturated rings. The summed E-state index contributed by atoms with van der Waals surface area (Å²) in [6, 6.07) is 12.8. The number of nitrogens with zero attached hydrogens (tertiary/aromatic N) is 3. The van der Waals surface area contributed by atoms with Gasteiger partial charge >= 0.3 is 0 Å². The monoisotopic (exact) mass is 391 g/mol. The van der Waals surface area contributed by atoms with Gasteiger partial charge in [0.1, 0.15) is 5.60 Å². The normalized spacial score (nSPS) is 17.6. The SMILES string of the molecule is Cc1ccc2ncccc2c1-c1cc(N2CCOCC2C)cc(OC(C)(C)C)n1. The van der Waals surface area contributed by atoms with E-state index in [9.17, 15) is 0 Å². The molecular formula is C24H29N3O2. The van der Waals surface area contributed by atoms with Gasteiger partial charge in [0.05, 0.1) is 24.4 Å². The van der Waals surface area contributed by atoms with Crippen molar-refractivity contribution in [2.24, 2.45) is 0 Å². The smallest absolute Gasteiger partial charge is 0.216 e. The first kappa shape index (κ1) is 19.6. The van der Waals surface area contributed by atoms with Crippen molar-refractivity contribution in [3.8, 4) is 17.1 Å². The first-order valence-corrected chi connectivity index (χ1v) is 10.2. The van der Waals surface area contributed by atoms with E-state index in [1.165, 1.54) is 5.56 Å². The molecular weight excluding hydrogens is 362 g/mol. The highest BCUT2D eigenvalue weighted by atomic mass is 16.5. The zero-order chi connectivity index (χ0) is 20.6. The van der Waals surface area contributed by atoms with Crippen molar-refractivity contribution >= 4 is 16.6 Å². The number of fused-ring (bicyclic) bond motifs is 1. The van der Waals surface area contributed by atoms with E-state index in [0.29, 0.717) is 11.9 Å². The molecule has 3 aromatic rings. The summed E-state index contributed by atoms with van der Waals surface area (Å²) in [5.41, 5.74) is 4.96.